The molecule has 1 aromatic heterocycles. The van der Waals surface area contributed by atoms with E-state index in [1.165, 1.54) is 11.5 Å². The van der Waals surface area contributed by atoms with E-state index in [0.29, 0.717) is 11.7 Å². The Balaban J connectivity index is 1.69. The molecule has 4 nitrogen and oxygen atoms in total. The maximum absolute atomic E-state index is 12.9. The number of hydrogen-bond acceptors (Lipinski definition) is 4. The van der Waals surface area contributed by atoms with Gasteiger partial charge in [-0.3, -0.25) is 4.79 Å². The van der Waals surface area contributed by atoms with E-state index in [-0.39, 0.29) is 5.91 Å². The third kappa shape index (κ3) is 1.93. The average molecular weight is 287 g/mol. The van der Waals surface area contributed by atoms with Crippen LogP contribution >= 0.6 is 11.5 Å². The Hall–Kier alpha value is -1.46. The molecular weight excluding hydrogens is 270 g/mol. The molecule has 0 unspecified atom stereocenters. The lowest BCUT2D eigenvalue weighted by Gasteiger charge is -2.31. The summed E-state index contributed by atoms with van der Waals surface area (Å²) in [7, 11) is 0. The standard InChI is InChI=1S/C15H17N3OS/c19-15(14-12-3-1-2-4-13(12)20-16-14)18-10-9-17-7-5-11(18)6-8-17/h1-4,11H,5-10H2. The molecule has 104 valence electrons. The molecule has 5 rings (SSSR count). The fourth-order valence-electron chi connectivity index (χ4n) is 3.33. The molecule has 0 aliphatic carbocycles. The van der Waals surface area contributed by atoms with Crippen molar-refractivity contribution in [3.8, 4) is 0 Å². The third-order valence-electron chi connectivity index (χ3n) is 4.50. The maximum Gasteiger partial charge on any atom is 0.274 e. The van der Waals surface area contributed by atoms with Crippen LogP contribution in [0.2, 0.25) is 0 Å². The molecule has 0 N–H and O–H groups in total. The lowest BCUT2D eigenvalue weighted by atomic mass is 10.0. The van der Waals surface area contributed by atoms with Crippen molar-refractivity contribution < 1.29 is 4.79 Å². The highest BCUT2D eigenvalue weighted by atomic mass is 32.1. The Labute approximate surface area is 122 Å². The summed E-state index contributed by atoms with van der Waals surface area (Å²) in [6.45, 7) is 4.11. The monoisotopic (exact) mass is 287 g/mol. The van der Waals surface area contributed by atoms with Crippen LogP contribution in [-0.4, -0.2) is 52.3 Å². The van der Waals surface area contributed by atoms with Crippen LogP contribution in [0, 0.1) is 0 Å². The molecule has 1 amide bonds. The van der Waals surface area contributed by atoms with Gasteiger partial charge >= 0.3 is 0 Å². The predicted molar refractivity (Wildman–Crippen MR) is 80.1 cm³/mol. The second-order valence-corrected chi connectivity index (χ2v) is 6.40. The molecule has 5 heteroatoms. The Kier molecular flexibility index (Phi) is 2.97. The van der Waals surface area contributed by atoms with Crippen LogP contribution in [0.15, 0.2) is 24.3 Å². The molecule has 3 fully saturated rings. The summed E-state index contributed by atoms with van der Waals surface area (Å²) < 4.78 is 5.52. The molecular formula is C15H17N3OS. The minimum absolute atomic E-state index is 0.121. The summed E-state index contributed by atoms with van der Waals surface area (Å²) in [6.07, 6.45) is 2.21. The van der Waals surface area contributed by atoms with Crippen molar-refractivity contribution in [2.24, 2.45) is 0 Å². The van der Waals surface area contributed by atoms with Crippen LogP contribution < -0.4 is 0 Å². The lowest BCUT2D eigenvalue weighted by molar-refractivity contribution is 0.0682. The smallest absolute Gasteiger partial charge is 0.274 e. The SMILES string of the molecule is O=C(c1nsc2ccccc12)N1CCN2CCC1CC2. The second kappa shape index (κ2) is 4.82. The normalized spacial score (nSPS) is 25.9. The predicted octanol–water partition coefficient (Wildman–Crippen LogP) is 2.22. The Bertz CT molecular complexity index is 645. The van der Waals surface area contributed by atoms with E-state index in [4.69, 9.17) is 0 Å². The minimum Gasteiger partial charge on any atom is -0.333 e. The van der Waals surface area contributed by atoms with Gasteiger partial charge in [0, 0.05) is 37.6 Å². The number of benzene rings is 1. The van der Waals surface area contributed by atoms with Crippen LogP contribution in [0.25, 0.3) is 10.1 Å². The van der Waals surface area contributed by atoms with Crippen molar-refractivity contribution >= 4 is 27.5 Å². The number of carbonyl (C=O) groups excluding carboxylic acids is 1. The second-order valence-electron chi connectivity index (χ2n) is 5.60. The van der Waals surface area contributed by atoms with E-state index >= 15 is 0 Å². The minimum atomic E-state index is 0.121. The molecule has 0 radical (unpaired) electrons. The Morgan fingerprint density at radius 3 is 2.80 bits per heavy atom. The number of carbonyl (C=O) groups is 1. The van der Waals surface area contributed by atoms with E-state index in [1.807, 2.05) is 24.3 Å². The molecule has 20 heavy (non-hydrogen) atoms. The highest BCUT2D eigenvalue weighted by molar-refractivity contribution is 7.13. The van der Waals surface area contributed by atoms with E-state index < -0.39 is 0 Å². The van der Waals surface area contributed by atoms with Crippen LogP contribution in [-0.2, 0) is 0 Å². The molecule has 2 aromatic rings. The summed E-state index contributed by atoms with van der Waals surface area (Å²) in [6, 6.07) is 8.42. The quantitative estimate of drug-likeness (QED) is 0.807. The van der Waals surface area contributed by atoms with Gasteiger partial charge in [-0.05, 0) is 30.4 Å². The third-order valence-corrected chi connectivity index (χ3v) is 5.32. The zero-order chi connectivity index (χ0) is 13.5. The van der Waals surface area contributed by atoms with Gasteiger partial charge in [0.25, 0.3) is 5.91 Å². The van der Waals surface area contributed by atoms with Gasteiger partial charge in [-0.25, -0.2) is 0 Å². The summed E-state index contributed by atoms with van der Waals surface area (Å²) in [5.41, 5.74) is 0.644. The fraction of sp³-hybridized carbons (Fsp3) is 0.467. The Morgan fingerprint density at radius 2 is 1.95 bits per heavy atom. The molecule has 3 aliphatic heterocycles. The summed E-state index contributed by atoms with van der Waals surface area (Å²) in [4.78, 5) is 17.4. The van der Waals surface area contributed by atoms with Gasteiger partial charge in [-0.1, -0.05) is 18.2 Å². The topological polar surface area (TPSA) is 36.4 Å². The maximum atomic E-state index is 12.9. The van der Waals surface area contributed by atoms with Crippen LogP contribution in [0.3, 0.4) is 0 Å². The number of amides is 1. The lowest BCUT2D eigenvalue weighted by Crippen LogP contribution is -2.41. The highest BCUT2D eigenvalue weighted by Crippen LogP contribution is 2.27. The summed E-state index contributed by atoms with van der Waals surface area (Å²) in [5, 5.41) is 1.00. The van der Waals surface area contributed by atoms with Crippen molar-refractivity contribution in [1.29, 1.82) is 0 Å². The van der Waals surface area contributed by atoms with Gasteiger partial charge in [-0.2, -0.15) is 4.37 Å². The molecule has 4 heterocycles. The largest absolute Gasteiger partial charge is 0.333 e. The van der Waals surface area contributed by atoms with Crippen LogP contribution in [0.1, 0.15) is 23.3 Å². The van der Waals surface area contributed by atoms with Gasteiger partial charge in [0.05, 0.1) is 4.70 Å². The van der Waals surface area contributed by atoms with E-state index in [1.54, 1.807) is 0 Å². The van der Waals surface area contributed by atoms with E-state index in [9.17, 15) is 4.79 Å². The van der Waals surface area contributed by atoms with E-state index in [2.05, 4.69) is 14.2 Å². The number of aromatic nitrogens is 1. The van der Waals surface area contributed by atoms with Gasteiger partial charge in [0.2, 0.25) is 0 Å². The van der Waals surface area contributed by atoms with Crippen LogP contribution in [0.5, 0.6) is 0 Å². The fourth-order valence-corrected chi connectivity index (χ4v) is 4.10. The highest BCUT2D eigenvalue weighted by Gasteiger charge is 2.33. The van der Waals surface area contributed by atoms with Crippen molar-refractivity contribution in [2.75, 3.05) is 26.2 Å². The molecule has 2 bridgehead atoms. The van der Waals surface area contributed by atoms with Gasteiger partial charge in [0.15, 0.2) is 0 Å². The first-order valence-electron chi connectivity index (χ1n) is 7.20. The van der Waals surface area contributed by atoms with Crippen molar-refractivity contribution in [3.63, 3.8) is 0 Å². The molecule has 1 aromatic carbocycles. The summed E-state index contributed by atoms with van der Waals surface area (Å²) in [5.74, 6) is 0.121. The van der Waals surface area contributed by atoms with Gasteiger partial charge < -0.3 is 9.80 Å². The van der Waals surface area contributed by atoms with Gasteiger partial charge in [0.1, 0.15) is 5.69 Å². The number of piperidine rings is 1. The molecule has 0 atom stereocenters. The van der Waals surface area contributed by atoms with Crippen LogP contribution in [0.4, 0.5) is 0 Å². The van der Waals surface area contributed by atoms with Gasteiger partial charge in [-0.15, -0.1) is 0 Å². The average Bonchev–Trinajstić information content (AvgIpc) is 2.69. The van der Waals surface area contributed by atoms with E-state index in [0.717, 1.165) is 49.1 Å². The zero-order valence-corrected chi connectivity index (χ0v) is 12.1. The number of fused-ring (bicyclic) bond motifs is 5. The van der Waals surface area contributed by atoms with Crippen molar-refractivity contribution in [3.05, 3.63) is 30.0 Å². The molecule has 3 aliphatic rings. The molecule has 0 spiro atoms. The summed E-state index contributed by atoms with van der Waals surface area (Å²) >= 11 is 1.42. The molecule has 0 saturated carbocycles. The number of rotatable bonds is 1. The number of hydrogen-bond donors (Lipinski definition) is 0. The number of nitrogens with zero attached hydrogens (tertiary/aromatic N) is 3. The first kappa shape index (κ1) is 12.3. The first-order chi connectivity index (χ1) is 9.83. The first-order valence-corrected chi connectivity index (χ1v) is 7.98. The van der Waals surface area contributed by atoms with Crippen molar-refractivity contribution in [1.82, 2.24) is 14.2 Å². The molecule has 3 saturated heterocycles. The Morgan fingerprint density at radius 1 is 1.15 bits per heavy atom. The van der Waals surface area contributed by atoms with Crippen molar-refractivity contribution in [2.45, 2.75) is 18.9 Å². The zero-order valence-electron chi connectivity index (χ0n) is 11.3.